The Hall–Kier alpha value is -0.540. The Kier molecular flexibility index (Phi) is 3.75. The van der Waals surface area contributed by atoms with Gasteiger partial charge in [-0.3, -0.25) is 0 Å². The summed E-state index contributed by atoms with van der Waals surface area (Å²) in [7, 11) is 1.90. The molecule has 0 atom stereocenters. The minimum absolute atomic E-state index is 0.368. The first kappa shape index (κ1) is 10.5. The van der Waals surface area contributed by atoms with E-state index in [2.05, 4.69) is 21.2 Å². The number of likely N-dealkylation sites (N-methyl/N-ethyl adjacent to an activating group) is 1. The van der Waals surface area contributed by atoms with Crippen molar-refractivity contribution < 1.29 is 5.11 Å². The van der Waals surface area contributed by atoms with Crippen molar-refractivity contribution in [2.24, 2.45) is 0 Å². The van der Waals surface area contributed by atoms with Gasteiger partial charge < -0.3 is 10.4 Å². The van der Waals surface area contributed by atoms with Crippen LogP contribution in [0, 0.1) is 6.92 Å². The second kappa shape index (κ2) is 4.63. The number of halogens is 1. The van der Waals surface area contributed by atoms with Crippen molar-refractivity contribution in [3.8, 4) is 5.75 Å². The molecule has 0 aliphatic carbocycles. The third-order valence-corrected chi connectivity index (χ3v) is 3.14. The van der Waals surface area contributed by atoms with Gasteiger partial charge in [0.15, 0.2) is 0 Å². The lowest BCUT2D eigenvalue weighted by molar-refractivity contribution is 0.466. The van der Waals surface area contributed by atoms with Gasteiger partial charge in [0.05, 0.1) is 0 Å². The molecule has 1 rings (SSSR count). The number of rotatable bonds is 3. The summed E-state index contributed by atoms with van der Waals surface area (Å²) >= 11 is 3.47. The van der Waals surface area contributed by atoms with Crippen LogP contribution in [-0.4, -0.2) is 18.7 Å². The molecule has 0 saturated carbocycles. The second-order valence-electron chi connectivity index (χ2n) is 3.05. The van der Waals surface area contributed by atoms with Crippen LogP contribution in [-0.2, 0) is 6.42 Å². The van der Waals surface area contributed by atoms with E-state index in [1.807, 2.05) is 20.0 Å². The number of phenolic OH excluding ortho intramolecular Hbond substituents is 1. The van der Waals surface area contributed by atoms with Crippen molar-refractivity contribution in [1.82, 2.24) is 5.32 Å². The number of nitrogens with one attached hydrogen (secondary N) is 1. The highest BCUT2D eigenvalue weighted by Crippen LogP contribution is 2.29. The third kappa shape index (κ3) is 2.45. The largest absolute Gasteiger partial charge is 0.508 e. The summed E-state index contributed by atoms with van der Waals surface area (Å²) in [5.41, 5.74) is 2.14. The SMILES string of the molecule is CNCCc1c(O)ccc(C)c1Br. The summed E-state index contributed by atoms with van der Waals surface area (Å²) < 4.78 is 1.02. The summed E-state index contributed by atoms with van der Waals surface area (Å²) in [5.74, 6) is 0.368. The molecule has 0 unspecified atom stereocenters. The van der Waals surface area contributed by atoms with Crippen LogP contribution in [0.25, 0.3) is 0 Å². The highest BCUT2D eigenvalue weighted by atomic mass is 79.9. The molecule has 0 spiro atoms. The van der Waals surface area contributed by atoms with E-state index in [4.69, 9.17) is 0 Å². The zero-order valence-electron chi connectivity index (χ0n) is 7.89. The number of hydrogen-bond donors (Lipinski definition) is 2. The molecule has 72 valence electrons. The van der Waals surface area contributed by atoms with E-state index in [1.54, 1.807) is 6.07 Å². The Labute approximate surface area is 87.1 Å². The lowest BCUT2D eigenvalue weighted by Gasteiger charge is -2.08. The highest BCUT2D eigenvalue weighted by molar-refractivity contribution is 9.10. The Bertz CT molecular complexity index is 299. The van der Waals surface area contributed by atoms with E-state index in [-0.39, 0.29) is 0 Å². The standard InChI is InChI=1S/C10H14BrNO/c1-7-3-4-9(13)8(10(7)11)5-6-12-2/h3-4,12-13H,5-6H2,1-2H3. The maximum Gasteiger partial charge on any atom is 0.119 e. The van der Waals surface area contributed by atoms with Gasteiger partial charge in [-0.1, -0.05) is 22.0 Å². The minimum atomic E-state index is 0.368. The monoisotopic (exact) mass is 243 g/mol. The Morgan fingerprint density at radius 1 is 1.46 bits per heavy atom. The predicted octanol–water partition coefficient (Wildman–Crippen LogP) is 2.23. The van der Waals surface area contributed by atoms with E-state index in [9.17, 15) is 5.11 Å². The van der Waals surface area contributed by atoms with Crippen molar-refractivity contribution in [2.45, 2.75) is 13.3 Å². The average molecular weight is 244 g/mol. The van der Waals surface area contributed by atoms with Gasteiger partial charge in [-0.15, -0.1) is 0 Å². The molecule has 3 heteroatoms. The molecule has 0 radical (unpaired) electrons. The summed E-state index contributed by atoms with van der Waals surface area (Å²) in [5, 5.41) is 12.6. The maximum absolute atomic E-state index is 9.58. The van der Waals surface area contributed by atoms with Crippen molar-refractivity contribution in [2.75, 3.05) is 13.6 Å². The fraction of sp³-hybridized carbons (Fsp3) is 0.400. The van der Waals surface area contributed by atoms with Crippen LogP contribution in [0.15, 0.2) is 16.6 Å². The first-order chi connectivity index (χ1) is 6.16. The molecule has 0 amide bonds. The van der Waals surface area contributed by atoms with Gasteiger partial charge in [-0.2, -0.15) is 0 Å². The van der Waals surface area contributed by atoms with Crippen molar-refractivity contribution in [3.05, 3.63) is 27.7 Å². The van der Waals surface area contributed by atoms with E-state index < -0.39 is 0 Å². The molecule has 0 saturated heterocycles. The maximum atomic E-state index is 9.58. The third-order valence-electron chi connectivity index (χ3n) is 2.04. The fourth-order valence-corrected chi connectivity index (χ4v) is 1.75. The molecule has 1 aromatic rings. The van der Waals surface area contributed by atoms with Gasteiger partial charge in [-0.05, 0) is 38.6 Å². The molecule has 0 aromatic heterocycles. The van der Waals surface area contributed by atoms with Crippen LogP contribution < -0.4 is 5.32 Å². The highest BCUT2D eigenvalue weighted by Gasteiger charge is 2.07. The molecule has 0 aliphatic rings. The number of phenols is 1. The van der Waals surface area contributed by atoms with Gasteiger partial charge in [0.25, 0.3) is 0 Å². The van der Waals surface area contributed by atoms with Gasteiger partial charge in [0.1, 0.15) is 5.75 Å². The molecule has 2 nitrogen and oxygen atoms in total. The fourth-order valence-electron chi connectivity index (χ4n) is 1.22. The summed E-state index contributed by atoms with van der Waals surface area (Å²) in [6, 6.07) is 3.65. The van der Waals surface area contributed by atoms with Crippen LogP contribution in [0.3, 0.4) is 0 Å². The molecular weight excluding hydrogens is 230 g/mol. The van der Waals surface area contributed by atoms with Gasteiger partial charge in [0.2, 0.25) is 0 Å². The predicted molar refractivity (Wildman–Crippen MR) is 58.2 cm³/mol. The van der Waals surface area contributed by atoms with E-state index in [0.29, 0.717) is 5.75 Å². The van der Waals surface area contributed by atoms with Crippen LogP contribution >= 0.6 is 15.9 Å². The second-order valence-corrected chi connectivity index (χ2v) is 3.84. The summed E-state index contributed by atoms with van der Waals surface area (Å²) in [6.45, 7) is 2.89. The molecule has 0 fully saturated rings. The molecule has 0 bridgehead atoms. The molecule has 0 heterocycles. The zero-order chi connectivity index (χ0) is 9.84. The Morgan fingerprint density at radius 3 is 2.77 bits per heavy atom. The van der Waals surface area contributed by atoms with E-state index >= 15 is 0 Å². The average Bonchev–Trinajstić information content (AvgIpc) is 2.12. The van der Waals surface area contributed by atoms with E-state index in [0.717, 1.165) is 28.6 Å². The topological polar surface area (TPSA) is 32.3 Å². The van der Waals surface area contributed by atoms with Crippen molar-refractivity contribution in [3.63, 3.8) is 0 Å². The van der Waals surface area contributed by atoms with Crippen LogP contribution in [0.5, 0.6) is 5.75 Å². The number of aromatic hydroxyl groups is 1. The Morgan fingerprint density at radius 2 is 2.15 bits per heavy atom. The first-order valence-corrected chi connectivity index (χ1v) is 5.07. The number of hydrogen-bond acceptors (Lipinski definition) is 2. The molecule has 13 heavy (non-hydrogen) atoms. The minimum Gasteiger partial charge on any atom is -0.508 e. The zero-order valence-corrected chi connectivity index (χ0v) is 9.48. The van der Waals surface area contributed by atoms with Gasteiger partial charge in [0, 0.05) is 10.0 Å². The number of aryl methyl sites for hydroxylation is 1. The van der Waals surface area contributed by atoms with Crippen LogP contribution in [0.1, 0.15) is 11.1 Å². The smallest absolute Gasteiger partial charge is 0.119 e. The molecule has 2 N–H and O–H groups in total. The van der Waals surface area contributed by atoms with Crippen molar-refractivity contribution >= 4 is 15.9 Å². The summed E-state index contributed by atoms with van der Waals surface area (Å²) in [6.07, 6.45) is 0.838. The quantitative estimate of drug-likeness (QED) is 0.854. The van der Waals surface area contributed by atoms with E-state index in [1.165, 1.54) is 0 Å². The first-order valence-electron chi connectivity index (χ1n) is 4.28. The molecule has 0 aliphatic heterocycles. The van der Waals surface area contributed by atoms with Gasteiger partial charge in [-0.25, -0.2) is 0 Å². The lowest BCUT2D eigenvalue weighted by Crippen LogP contribution is -2.10. The molecular formula is C10H14BrNO. The molecule has 1 aromatic carbocycles. The van der Waals surface area contributed by atoms with Crippen LogP contribution in [0.4, 0.5) is 0 Å². The number of benzene rings is 1. The summed E-state index contributed by atoms with van der Waals surface area (Å²) in [4.78, 5) is 0. The van der Waals surface area contributed by atoms with Crippen molar-refractivity contribution in [1.29, 1.82) is 0 Å². The van der Waals surface area contributed by atoms with Gasteiger partial charge >= 0.3 is 0 Å². The van der Waals surface area contributed by atoms with Crippen LogP contribution in [0.2, 0.25) is 0 Å². The lowest BCUT2D eigenvalue weighted by atomic mass is 10.1. The normalized spacial score (nSPS) is 10.4. The Balaban J connectivity index is 2.96.